The maximum Gasteiger partial charge on any atom is 0.254 e. The predicted octanol–water partition coefficient (Wildman–Crippen LogP) is 5.32. The zero-order valence-electron chi connectivity index (χ0n) is 18.2. The summed E-state index contributed by atoms with van der Waals surface area (Å²) in [4.78, 5) is 22.7. The van der Waals surface area contributed by atoms with Crippen LogP contribution < -0.4 is 4.74 Å². The number of morpholine rings is 1. The quantitative estimate of drug-likeness (QED) is 0.463. The number of rotatable bonds is 4. The van der Waals surface area contributed by atoms with E-state index in [2.05, 4.69) is 29.0 Å². The number of aryl methyl sites for hydroxylation is 1. The van der Waals surface area contributed by atoms with Gasteiger partial charge in [0.1, 0.15) is 11.4 Å². The molecule has 1 aliphatic heterocycles. The molecule has 5 rings (SSSR count). The van der Waals surface area contributed by atoms with Crippen LogP contribution in [0.4, 0.5) is 0 Å². The van der Waals surface area contributed by atoms with E-state index in [1.807, 2.05) is 53.7 Å². The Bertz CT molecular complexity index is 1290. The molecule has 3 heterocycles. The largest absolute Gasteiger partial charge is 0.496 e. The average Bonchev–Trinajstić information content (AvgIpc) is 3.27. The molecule has 2 aromatic carbocycles. The van der Waals surface area contributed by atoms with Crippen LogP contribution >= 0.6 is 0 Å². The first kappa shape index (κ1) is 22.6. The molecule has 0 bridgehead atoms. The maximum absolute atomic E-state index is 12.9. The number of aromatic nitrogens is 2. The summed E-state index contributed by atoms with van der Waals surface area (Å²) in [6, 6.07) is 16.0. The molecule has 1 N–H and O–H groups in total. The fourth-order valence-corrected chi connectivity index (χ4v) is 4.20. The number of ether oxygens (including phenoxy) is 2. The van der Waals surface area contributed by atoms with Crippen LogP contribution in [0, 0.1) is 6.92 Å². The molecule has 6 nitrogen and oxygen atoms in total. The summed E-state index contributed by atoms with van der Waals surface area (Å²) in [7, 11) is 1.68. The standard InChI is InChI=1S/C26H25N3O3.CH4/c1-17-6-7-24(31-2)21(12-17)23-16-28-25-22(23)14-20(15-27-25)18-4-3-5-19(13-18)26(30)29-8-10-32-11-9-29;/h3-7,12-16H,8-11H2,1-2H3,(H,27,28);1H4. The third kappa shape index (κ3) is 4.34. The van der Waals surface area contributed by atoms with Gasteiger partial charge in [0.05, 0.1) is 20.3 Å². The second-order valence-corrected chi connectivity index (χ2v) is 8.01. The topological polar surface area (TPSA) is 67.5 Å². The van der Waals surface area contributed by atoms with Gasteiger partial charge in [0, 0.05) is 53.1 Å². The Morgan fingerprint density at radius 2 is 1.88 bits per heavy atom. The average molecular weight is 444 g/mol. The van der Waals surface area contributed by atoms with Crippen LogP contribution in [0.1, 0.15) is 23.3 Å². The minimum Gasteiger partial charge on any atom is -0.496 e. The molecule has 0 spiro atoms. The summed E-state index contributed by atoms with van der Waals surface area (Å²) in [6.07, 6.45) is 3.81. The smallest absolute Gasteiger partial charge is 0.254 e. The molecule has 0 radical (unpaired) electrons. The highest BCUT2D eigenvalue weighted by Crippen LogP contribution is 2.36. The van der Waals surface area contributed by atoms with Crippen molar-refractivity contribution in [2.45, 2.75) is 14.4 Å². The number of nitrogens with one attached hydrogen (secondary N) is 1. The van der Waals surface area contributed by atoms with Gasteiger partial charge in [-0.25, -0.2) is 4.98 Å². The fraction of sp³-hybridized carbons (Fsp3) is 0.259. The molecule has 4 aromatic rings. The monoisotopic (exact) mass is 443 g/mol. The first-order valence-electron chi connectivity index (χ1n) is 10.7. The fourth-order valence-electron chi connectivity index (χ4n) is 4.20. The number of benzene rings is 2. The lowest BCUT2D eigenvalue weighted by molar-refractivity contribution is 0.0303. The van der Waals surface area contributed by atoms with E-state index in [1.54, 1.807) is 7.11 Å². The SMILES string of the molecule is C.COc1ccc(C)cc1-c1c[nH]c2ncc(-c3cccc(C(=O)N4CCOCC4)c3)cc12. The van der Waals surface area contributed by atoms with Crippen molar-refractivity contribution in [2.75, 3.05) is 33.4 Å². The molecule has 33 heavy (non-hydrogen) atoms. The second kappa shape index (κ2) is 9.46. The molecular weight excluding hydrogens is 414 g/mol. The van der Waals surface area contributed by atoms with Crippen molar-refractivity contribution in [1.82, 2.24) is 14.9 Å². The van der Waals surface area contributed by atoms with Crippen molar-refractivity contribution in [3.8, 4) is 28.0 Å². The van der Waals surface area contributed by atoms with Crippen molar-refractivity contribution < 1.29 is 14.3 Å². The number of hydrogen-bond donors (Lipinski definition) is 1. The number of H-pyrrole nitrogens is 1. The van der Waals surface area contributed by atoms with E-state index in [0.717, 1.165) is 44.6 Å². The third-order valence-corrected chi connectivity index (χ3v) is 5.92. The first-order chi connectivity index (χ1) is 15.6. The van der Waals surface area contributed by atoms with Gasteiger partial charge in [0.25, 0.3) is 5.91 Å². The van der Waals surface area contributed by atoms with E-state index in [1.165, 1.54) is 0 Å². The molecule has 2 aromatic heterocycles. The predicted molar refractivity (Wildman–Crippen MR) is 132 cm³/mol. The minimum absolute atomic E-state index is 0. The summed E-state index contributed by atoms with van der Waals surface area (Å²) in [5.41, 5.74) is 6.63. The molecule has 0 saturated carbocycles. The van der Waals surface area contributed by atoms with Gasteiger partial charge in [0.15, 0.2) is 0 Å². The van der Waals surface area contributed by atoms with Crippen molar-refractivity contribution in [2.24, 2.45) is 0 Å². The number of methoxy groups -OCH3 is 1. The number of carbonyl (C=O) groups is 1. The van der Waals surface area contributed by atoms with Crippen LogP contribution in [0.25, 0.3) is 33.3 Å². The Kier molecular flexibility index (Phi) is 6.47. The Hall–Kier alpha value is -3.64. The lowest BCUT2D eigenvalue weighted by Crippen LogP contribution is -2.40. The van der Waals surface area contributed by atoms with Crippen LogP contribution in [-0.2, 0) is 4.74 Å². The second-order valence-electron chi connectivity index (χ2n) is 8.01. The van der Waals surface area contributed by atoms with Gasteiger partial charge in [-0.05, 0) is 42.8 Å². The van der Waals surface area contributed by atoms with E-state index in [9.17, 15) is 4.79 Å². The van der Waals surface area contributed by atoms with Crippen LogP contribution in [-0.4, -0.2) is 54.2 Å². The lowest BCUT2D eigenvalue weighted by atomic mass is 9.99. The van der Waals surface area contributed by atoms with Gasteiger partial charge in [-0.1, -0.05) is 31.2 Å². The highest BCUT2D eigenvalue weighted by atomic mass is 16.5. The Morgan fingerprint density at radius 3 is 2.67 bits per heavy atom. The number of nitrogens with zero attached hydrogens (tertiary/aromatic N) is 2. The number of amides is 1. The normalized spacial score (nSPS) is 13.6. The number of pyridine rings is 1. The van der Waals surface area contributed by atoms with E-state index in [4.69, 9.17) is 9.47 Å². The zero-order chi connectivity index (χ0) is 22.1. The summed E-state index contributed by atoms with van der Waals surface area (Å²) < 4.78 is 11.0. The minimum atomic E-state index is 0. The lowest BCUT2D eigenvalue weighted by Gasteiger charge is -2.27. The van der Waals surface area contributed by atoms with Crippen LogP contribution in [0.15, 0.2) is 60.9 Å². The summed E-state index contributed by atoms with van der Waals surface area (Å²) in [5, 5.41) is 1.01. The van der Waals surface area contributed by atoms with E-state index < -0.39 is 0 Å². The van der Waals surface area contributed by atoms with E-state index in [0.29, 0.717) is 31.9 Å². The van der Waals surface area contributed by atoms with E-state index in [-0.39, 0.29) is 13.3 Å². The van der Waals surface area contributed by atoms with Crippen molar-refractivity contribution in [3.63, 3.8) is 0 Å². The summed E-state index contributed by atoms with van der Waals surface area (Å²) in [5.74, 6) is 0.857. The van der Waals surface area contributed by atoms with Crippen LogP contribution in [0.2, 0.25) is 0 Å². The van der Waals surface area contributed by atoms with Crippen LogP contribution in [0.3, 0.4) is 0 Å². The molecular formula is C27H29N3O3. The molecule has 170 valence electrons. The first-order valence-corrected chi connectivity index (χ1v) is 10.7. The summed E-state index contributed by atoms with van der Waals surface area (Å²) >= 11 is 0. The van der Waals surface area contributed by atoms with Gasteiger partial charge >= 0.3 is 0 Å². The number of fused-ring (bicyclic) bond motifs is 1. The van der Waals surface area contributed by atoms with Crippen molar-refractivity contribution in [3.05, 3.63) is 72.1 Å². The molecule has 6 heteroatoms. The highest BCUT2D eigenvalue weighted by Gasteiger charge is 2.19. The maximum atomic E-state index is 12.9. The zero-order valence-corrected chi connectivity index (χ0v) is 18.2. The molecule has 1 amide bonds. The number of aromatic amines is 1. The van der Waals surface area contributed by atoms with Crippen LogP contribution in [0.5, 0.6) is 5.75 Å². The van der Waals surface area contributed by atoms with Gasteiger partial charge in [-0.15, -0.1) is 0 Å². The van der Waals surface area contributed by atoms with Gasteiger partial charge in [0.2, 0.25) is 0 Å². The molecule has 1 fully saturated rings. The Labute approximate surface area is 194 Å². The van der Waals surface area contributed by atoms with Crippen molar-refractivity contribution >= 4 is 16.9 Å². The van der Waals surface area contributed by atoms with E-state index >= 15 is 0 Å². The molecule has 0 unspecified atom stereocenters. The molecule has 0 aliphatic carbocycles. The number of carbonyl (C=O) groups excluding carboxylic acids is 1. The molecule has 1 aliphatic rings. The highest BCUT2D eigenvalue weighted by molar-refractivity contribution is 5.98. The van der Waals surface area contributed by atoms with Gasteiger partial charge < -0.3 is 19.4 Å². The van der Waals surface area contributed by atoms with Gasteiger partial charge in [-0.2, -0.15) is 0 Å². The number of hydrogen-bond acceptors (Lipinski definition) is 4. The van der Waals surface area contributed by atoms with Crippen molar-refractivity contribution in [1.29, 1.82) is 0 Å². The Morgan fingerprint density at radius 1 is 1.06 bits per heavy atom. The summed E-state index contributed by atoms with van der Waals surface area (Å²) in [6.45, 7) is 4.50. The molecule has 1 saturated heterocycles. The van der Waals surface area contributed by atoms with Gasteiger partial charge in [-0.3, -0.25) is 4.79 Å². The molecule has 0 atom stereocenters. The Balaban J connectivity index is 0.00000259. The third-order valence-electron chi connectivity index (χ3n) is 5.92.